The Labute approximate surface area is 101 Å². The van der Waals surface area contributed by atoms with Crippen molar-refractivity contribution in [3.05, 3.63) is 0 Å². The zero-order chi connectivity index (χ0) is 12.5. The second-order valence-corrected chi connectivity index (χ2v) is 5.46. The molecule has 2 aliphatic heterocycles. The Morgan fingerprint density at radius 2 is 2.06 bits per heavy atom. The molecule has 2 unspecified atom stereocenters. The Bertz CT molecular complexity index is 282. The van der Waals surface area contributed by atoms with E-state index in [1.807, 2.05) is 6.92 Å². The van der Waals surface area contributed by atoms with Crippen LogP contribution in [-0.4, -0.2) is 58.5 Å². The first-order valence-electron chi connectivity index (χ1n) is 6.29. The second-order valence-electron chi connectivity index (χ2n) is 5.46. The molecule has 2 heterocycles. The first-order valence-corrected chi connectivity index (χ1v) is 6.29. The van der Waals surface area contributed by atoms with Gasteiger partial charge in [0.15, 0.2) is 6.10 Å². The number of carboxylic acids is 1. The minimum absolute atomic E-state index is 0.0409. The molecule has 0 bridgehead atoms. The van der Waals surface area contributed by atoms with Crippen molar-refractivity contribution < 1.29 is 19.7 Å². The summed E-state index contributed by atoms with van der Waals surface area (Å²) in [7, 11) is 0. The van der Waals surface area contributed by atoms with Crippen molar-refractivity contribution in [2.45, 2.75) is 50.4 Å². The monoisotopic (exact) mass is 243 g/mol. The maximum Gasteiger partial charge on any atom is 0.332 e. The summed E-state index contributed by atoms with van der Waals surface area (Å²) in [5.74, 6) is -0.853. The summed E-state index contributed by atoms with van der Waals surface area (Å²) in [5, 5.41) is 18.7. The fourth-order valence-electron chi connectivity index (χ4n) is 2.53. The molecule has 98 valence electrons. The fraction of sp³-hybridized carbons (Fsp3) is 0.917. The first-order chi connectivity index (χ1) is 7.96. The number of hydrogen-bond donors (Lipinski definition) is 2. The standard InChI is InChI=1S/C12H21NO4/c1-12(16)4-6-13(7-5-12)8-9-2-3-10(17-9)11(14)15/h9-10,16H,2-8H2,1H3,(H,14,15). The molecule has 2 rings (SSSR count). The molecule has 2 atom stereocenters. The van der Waals surface area contributed by atoms with Gasteiger partial charge in [-0.3, -0.25) is 0 Å². The van der Waals surface area contributed by atoms with Gasteiger partial charge in [0, 0.05) is 19.6 Å². The van der Waals surface area contributed by atoms with Crippen molar-refractivity contribution >= 4 is 5.97 Å². The maximum absolute atomic E-state index is 10.8. The molecule has 0 aromatic heterocycles. The molecule has 17 heavy (non-hydrogen) atoms. The third-order valence-corrected chi connectivity index (χ3v) is 3.78. The summed E-state index contributed by atoms with van der Waals surface area (Å²) in [4.78, 5) is 13.0. The summed E-state index contributed by atoms with van der Waals surface area (Å²) in [6.07, 6.45) is 2.42. The quantitative estimate of drug-likeness (QED) is 0.754. The van der Waals surface area contributed by atoms with Gasteiger partial charge in [-0.05, 0) is 32.6 Å². The Morgan fingerprint density at radius 3 is 2.59 bits per heavy atom. The second kappa shape index (κ2) is 4.92. The van der Waals surface area contributed by atoms with Gasteiger partial charge in [0.05, 0.1) is 11.7 Å². The average Bonchev–Trinajstić information content (AvgIpc) is 2.70. The largest absolute Gasteiger partial charge is 0.479 e. The van der Waals surface area contributed by atoms with Gasteiger partial charge in [-0.1, -0.05) is 0 Å². The lowest BCUT2D eigenvalue weighted by Crippen LogP contribution is -2.45. The molecule has 0 spiro atoms. The van der Waals surface area contributed by atoms with E-state index in [0.29, 0.717) is 6.42 Å². The van der Waals surface area contributed by atoms with Gasteiger partial charge in [-0.25, -0.2) is 4.79 Å². The van der Waals surface area contributed by atoms with Crippen LogP contribution in [0.15, 0.2) is 0 Å². The van der Waals surface area contributed by atoms with E-state index in [1.54, 1.807) is 0 Å². The lowest BCUT2D eigenvalue weighted by molar-refractivity contribution is -0.149. The van der Waals surface area contributed by atoms with Crippen LogP contribution in [0, 0.1) is 0 Å². The van der Waals surface area contributed by atoms with E-state index in [4.69, 9.17) is 9.84 Å². The number of hydrogen-bond acceptors (Lipinski definition) is 4. The van der Waals surface area contributed by atoms with Crippen LogP contribution < -0.4 is 0 Å². The number of carboxylic acid groups (broad SMARTS) is 1. The molecular formula is C12H21NO4. The molecule has 2 aliphatic rings. The number of nitrogens with zero attached hydrogens (tertiary/aromatic N) is 1. The highest BCUT2D eigenvalue weighted by Gasteiger charge is 2.33. The molecule has 2 N–H and O–H groups in total. The summed E-state index contributed by atoms with van der Waals surface area (Å²) in [5.41, 5.74) is -0.531. The van der Waals surface area contributed by atoms with E-state index in [2.05, 4.69) is 4.90 Å². The van der Waals surface area contributed by atoms with Crippen LogP contribution in [0.3, 0.4) is 0 Å². The molecular weight excluding hydrogens is 222 g/mol. The number of likely N-dealkylation sites (tertiary alicyclic amines) is 1. The minimum Gasteiger partial charge on any atom is -0.479 e. The van der Waals surface area contributed by atoms with Crippen molar-refractivity contribution in [2.24, 2.45) is 0 Å². The van der Waals surface area contributed by atoms with E-state index < -0.39 is 17.7 Å². The minimum atomic E-state index is -0.853. The van der Waals surface area contributed by atoms with Crippen molar-refractivity contribution in [3.63, 3.8) is 0 Å². The van der Waals surface area contributed by atoms with Crippen LogP contribution in [-0.2, 0) is 9.53 Å². The van der Waals surface area contributed by atoms with Crippen LogP contribution in [0.25, 0.3) is 0 Å². The Kier molecular flexibility index (Phi) is 3.70. The van der Waals surface area contributed by atoms with Gasteiger partial charge in [0.25, 0.3) is 0 Å². The smallest absolute Gasteiger partial charge is 0.332 e. The molecule has 0 radical (unpaired) electrons. The normalized spacial score (nSPS) is 33.8. The molecule has 0 aromatic carbocycles. The number of rotatable bonds is 3. The zero-order valence-electron chi connectivity index (χ0n) is 10.3. The van der Waals surface area contributed by atoms with Crippen molar-refractivity contribution in [1.29, 1.82) is 0 Å². The molecule has 2 saturated heterocycles. The zero-order valence-corrected chi connectivity index (χ0v) is 10.3. The van der Waals surface area contributed by atoms with E-state index in [0.717, 1.165) is 38.9 Å². The summed E-state index contributed by atoms with van der Waals surface area (Å²) < 4.78 is 5.47. The Balaban J connectivity index is 1.74. The van der Waals surface area contributed by atoms with E-state index in [9.17, 15) is 9.90 Å². The highest BCUT2D eigenvalue weighted by atomic mass is 16.5. The molecule has 2 fully saturated rings. The van der Waals surface area contributed by atoms with E-state index in [-0.39, 0.29) is 6.10 Å². The number of aliphatic carboxylic acids is 1. The van der Waals surface area contributed by atoms with Crippen molar-refractivity contribution in [2.75, 3.05) is 19.6 Å². The average molecular weight is 243 g/mol. The molecule has 0 saturated carbocycles. The Morgan fingerprint density at radius 1 is 1.41 bits per heavy atom. The number of piperidine rings is 1. The predicted molar refractivity (Wildman–Crippen MR) is 61.8 cm³/mol. The predicted octanol–water partition coefficient (Wildman–Crippen LogP) is 0.465. The molecule has 0 aliphatic carbocycles. The highest BCUT2D eigenvalue weighted by Crippen LogP contribution is 2.25. The summed E-state index contributed by atoms with van der Waals surface area (Å²) in [6.45, 7) is 4.39. The van der Waals surface area contributed by atoms with Crippen molar-refractivity contribution in [1.82, 2.24) is 4.90 Å². The third kappa shape index (κ3) is 3.40. The van der Waals surface area contributed by atoms with Crippen LogP contribution in [0.5, 0.6) is 0 Å². The maximum atomic E-state index is 10.8. The highest BCUT2D eigenvalue weighted by molar-refractivity contribution is 5.72. The molecule has 0 aromatic rings. The van der Waals surface area contributed by atoms with Gasteiger partial charge in [0.1, 0.15) is 0 Å². The summed E-state index contributed by atoms with van der Waals surface area (Å²) in [6, 6.07) is 0. The number of aliphatic hydroxyl groups is 1. The van der Waals surface area contributed by atoms with Gasteiger partial charge in [0.2, 0.25) is 0 Å². The van der Waals surface area contributed by atoms with Gasteiger partial charge in [-0.2, -0.15) is 0 Å². The SMILES string of the molecule is CC1(O)CCN(CC2CCC(C(=O)O)O2)CC1. The van der Waals surface area contributed by atoms with Crippen LogP contribution in [0.2, 0.25) is 0 Å². The van der Waals surface area contributed by atoms with Gasteiger partial charge >= 0.3 is 5.97 Å². The number of ether oxygens (including phenoxy) is 1. The topological polar surface area (TPSA) is 70.0 Å². The summed E-state index contributed by atoms with van der Waals surface area (Å²) >= 11 is 0. The number of carbonyl (C=O) groups is 1. The van der Waals surface area contributed by atoms with E-state index >= 15 is 0 Å². The van der Waals surface area contributed by atoms with Crippen LogP contribution in [0.4, 0.5) is 0 Å². The molecule has 5 nitrogen and oxygen atoms in total. The van der Waals surface area contributed by atoms with Crippen LogP contribution >= 0.6 is 0 Å². The van der Waals surface area contributed by atoms with Gasteiger partial charge in [-0.15, -0.1) is 0 Å². The van der Waals surface area contributed by atoms with Crippen LogP contribution in [0.1, 0.15) is 32.6 Å². The Hall–Kier alpha value is -0.650. The molecule has 5 heteroatoms. The first kappa shape index (κ1) is 12.8. The lowest BCUT2D eigenvalue weighted by Gasteiger charge is -2.36. The van der Waals surface area contributed by atoms with Gasteiger partial charge < -0.3 is 19.8 Å². The van der Waals surface area contributed by atoms with E-state index in [1.165, 1.54) is 0 Å². The van der Waals surface area contributed by atoms with Crippen molar-refractivity contribution in [3.8, 4) is 0 Å². The third-order valence-electron chi connectivity index (χ3n) is 3.78. The lowest BCUT2D eigenvalue weighted by atomic mass is 9.93. The fourth-order valence-corrected chi connectivity index (χ4v) is 2.53. The molecule has 0 amide bonds.